The summed E-state index contributed by atoms with van der Waals surface area (Å²) in [7, 11) is 0. The Hall–Kier alpha value is -1.88. The van der Waals surface area contributed by atoms with Crippen molar-refractivity contribution in [3.8, 4) is 5.75 Å². The zero-order valence-corrected chi connectivity index (χ0v) is 11.5. The van der Waals surface area contributed by atoms with Crippen molar-refractivity contribution in [2.24, 2.45) is 11.7 Å². The molecular formula is C14H19N3O2. The first-order valence-corrected chi connectivity index (χ1v) is 6.33. The molecule has 0 bridgehead atoms. The third kappa shape index (κ3) is 3.54. The molecule has 2 N–H and O–H groups in total. The molecule has 19 heavy (non-hydrogen) atoms. The van der Waals surface area contributed by atoms with Gasteiger partial charge in [-0.3, -0.25) is 0 Å². The number of ether oxygens (including phenoxy) is 1. The molecule has 5 nitrogen and oxygen atoms in total. The van der Waals surface area contributed by atoms with E-state index < -0.39 is 0 Å². The summed E-state index contributed by atoms with van der Waals surface area (Å²) in [5.74, 6) is 1.93. The van der Waals surface area contributed by atoms with Crippen LogP contribution in [0.4, 0.5) is 0 Å². The van der Waals surface area contributed by atoms with Gasteiger partial charge in [-0.1, -0.05) is 31.5 Å². The Morgan fingerprint density at radius 3 is 2.53 bits per heavy atom. The average molecular weight is 261 g/mol. The Labute approximate surface area is 112 Å². The molecule has 1 aromatic carbocycles. The largest absolute Gasteiger partial charge is 0.484 e. The number of nitrogens with two attached hydrogens (primary N) is 1. The zero-order chi connectivity index (χ0) is 13.8. The van der Waals surface area contributed by atoms with Crippen LogP contribution in [0, 0.1) is 12.8 Å². The number of aromatic nitrogens is 2. The van der Waals surface area contributed by atoms with Gasteiger partial charge < -0.3 is 14.9 Å². The molecular weight excluding hydrogens is 242 g/mol. The predicted octanol–water partition coefficient (Wildman–Crippen LogP) is 2.61. The van der Waals surface area contributed by atoms with Crippen molar-refractivity contribution in [1.82, 2.24) is 10.2 Å². The van der Waals surface area contributed by atoms with Gasteiger partial charge in [-0.05, 0) is 25.0 Å². The van der Waals surface area contributed by atoms with Crippen LogP contribution < -0.4 is 10.5 Å². The highest BCUT2D eigenvalue weighted by Crippen LogP contribution is 2.18. The molecule has 0 fully saturated rings. The first-order valence-electron chi connectivity index (χ1n) is 6.33. The maximum atomic E-state index is 5.94. The molecule has 102 valence electrons. The molecule has 0 saturated carbocycles. The molecule has 0 amide bonds. The summed E-state index contributed by atoms with van der Waals surface area (Å²) < 4.78 is 11.0. The van der Waals surface area contributed by atoms with E-state index in [0.717, 1.165) is 5.75 Å². The highest BCUT2D eigenvalue weighted by Gasteiger charge is 2.17. The Balaban J connectivity index is 1.95. The number of hydrogen-bond acceptors (Lipinski definition) is 5. The lowest BCUT2D eigenvalue weighted by molar-refractivity contribution is 0.253. The predicted molar refractivity (Wildman–Crippen MR) is 71.6 cm³/mol. The van der Waals surface area contributed by atoms with Gasteiger partial charge >= 0.3 is 0 Å². The lowest BCUT2D eigenvalue weighted by Gasteiger charge is -2.09. The second kappa shape index (κ2) is 5.84. The molecule has 0 aliphatic heterocycles. The van der Waals surface area contributed by atoms with Crippen LogP contribution in [0.5, 0.6) is 5.75 Å². The summed E-state index contributed by atoms with van der Waals surface area (Å²) in [6.07, 6.45) is 0. The number of hydrogen-bond donors (Lipinski definition) is 1. The molecule has 1 aromatic heterocycles. The smallest absolute Gasteiger partial charge is 0.253 e. The van der Waals surface area contributed by atoms with Crippen molar-refractivity contribution in [1.29, 1.82) is 0 Å². The van der Waals surface area contributed by atoms with E-state index in [9.17, 15) is 0 Å². The van der Waals surface area contributed by atoms with Crippen molar-refractivity contribution >= 4 is 0 Å². The zero-order valence-electron chi connectivity index (χ0n) is 11.5. The summed E-state index contributed by atoms with van der Waals surface area (Å²) in [6, 6.07) is 7.56. The van der Waals surface area contributed by atoms with Crippen LogP contribution in [-0.4, -0.2) is 10.2 Å². The van der Waals surface area contributed by atoms with E-state index in [1.165, 1.54) is 5.56 Å². The fourth-order valence-electron chi connectivity index (χ4n) is 1.52. The van der Waals surface area contributed by atoms with Gasteiger partial charge in [0, 0.05) is 0 Å². The van der Waals surface area contributed by atoms with E-state index >= 15 is 0 Å². The Bertz CT molecular complexity index is 520. The van der Waals surface area contributed by atoms with Gasteiger partial charge in [0.25, 0.3) is 5.89 Å². The monoisotopic (exact) mass is 261 g/mol. The van der Waals surface area contributed by atoms with Gasteiger partial charge in [-0.15, -0.1) is 10.2 Å². The number of rotatable bonds is 5. The fraction of sp³-hybridized carbons (Fsp3) is 0.429. The molecule has 1 atom stereocenters. The maximum absolute atomic E-state index is 5.94. The quantitative estimate of drug-likeness (QED) is 0.895. The fourth-order valence-corrected chi connectivity index (χ4v) is 1.52. The summed E-state index contributed by atoms with van der Waals surface area (Å²) in [5.41, 5.74) is 7.13. The normalized spacial score (nSPS) is 12.7. The minimum absolute atomic E-state index is 0.236. The molecule has 1 heterocycles. The maximum Gasteiger partial charge on any atom is 0.253 e. The van der Waals surface area contributed by atoms with Crippen molar-refractivity contribution in [2.45, 2.75) is 33.4 Å². The van der Waals surface area contributed by atoms with Gasteiger partial charge in [0.05, 0.1) is 6.04 Å². The highest BCUT2D eigenvalue weighted by molar-refractivity contribution is 5.26. The van der Waals surface area contributed by atoms with E-state index in [1.54, 1.807) is 0 Å². The summed E-state index contributed by atoms with van der Waals surface area (Å²) in [6.45, 7) is 6.30. The Kier molecular flexibility index (Phi) is 4.16. The van der Waals surface area contributed by atoms with Gasteiger partial charge in [0.2, 0.25) is 5.89 Å². The van der Waals surface area contributed by atoms with Gasteiger partial charge in [0.15, 0.2) is 6.61 Å². The third-order valence-electron chi connectivity index (χ3n) is 2.87. The number of nitrogens with zero attached hydrogens (tertiary/aromatic N) is 2. The molecule has 1 unspecified atom stereocenters. The van der Waals surface area contributed by atoms with E-state index in [-0.39, 0.29) is 18.6 Å². The van der Waals surface area contributed by atoms with E-state index in [4.69, 9.17) is 14.9 Å². The number of aryl methyl sites for hydroxylation is 1. The van der Waals surface area contributed by atoms with Crippen molar-refractivity contribution in [3.63, 3.8) is 0 Å². The van der Waals surface area contributed by atoms with E-state index in [1.807, 2.05) is 45.0 Å². The topological polar surface area (TPSA) is 74.2 Å². The standard InChI is InChI=1S/C14H19N3O2/c1-9(2)13(15)14-17-16-12(19-14)8-18-11-6-4-10(3)5-7-11/h4-7,9,13H,8,15H2,1-3H3. The minimum Gasteiger partial charge on any atom is -0.484 e. The van der Waals surface area contributed by atoms with Gasteiger partial charge in [-0.2, -0.15) is 0 Å². The molecule has 2 aromatic rings. The lowest BCUT2D eigenvalue weighted by atomic mass is 10.1. The van der Waals surface area contributed by atoms with Crippen LogP contribution in [0.15, 0.2) is 28.7 Å². The first kappa shape index (κ1) is 13.5. The minimum atomic E-state index is -0.236. The van der Waals surface area contributed by atoms with Crippen LogP contribution in [0.3, 0.4) is 0 Å². The van der Waals surface area contributed by atoms with Crippen LogP contribution in [0.1, 0.15) is 37.2 Å². The van der Waals surface area contributed by atoms with Gasteiger partial charge in [0.1, 0.15) is 5.75 Å². The average Bonchev–Trinajstić information content (AvgIpc) is 2.86. The third-order valence-corrected chi connectivity index (χ3v) is 2.87. The molecule has 5 heteroatoms. The molecule has 0 radical (unpaired) electrons. The SMILES string of the molecule is Cc1ccc(OCc2nnc(C(N)C(C)C)o2)cc1. The van der Waals surface area contributed by atoms with Crippen LogP contribution in [-0.2, 0) is 6.61 Å². The number of benzene rings is 1. The summed E-state index contributed by atoms with van der Waals surface area (Å²) in [5, 5.41) is 7.87. The van der Waals surface area contributed by atoms with Gasteiger partial charge in [-0.25, -0.2) is 0 Å². The lowest BCUT2D eigenvalue weighted by Crippen LogP contribution is -2.16. The molecule has 0 aliphatic carbocycles. The highest BCUT2D eigenvalue weighted by atomic mass is 16.5. The van der Waals surface area contributed by atoms with E-state index in [2.05, 4.69) is 10.2 Å². The van der Waals surface area contributed by atoms with Crippen molar-refractivity contribution in [3.05, 3.63) is 41.6 Å². The second-order valence-electron chi connectivity index (χ2n) is 4.91. The Morgan fingerprint density at radius 1 is 1.21 bits per heavy atom. The molecule has 0 aliphatic rings. The second-order valence-corrected chi connectivity index (χ2v) is 4.91. The summed E-state index contributed by atoms with van der Waals surface area (Å²) in [4.78, 5) is 0. The van der Waals surface area contributed by atoms with Crippen LogP contribution >= 0.6 is 0 Å². The van der Waals surface area contributed by atoms with E-state index in [0.29, 0.717) is 11.8 Å². The molecule has 0 saturated heterocycles. The van der Waals surface area contributed by atoms with Crippen LogP contribution in [0.25, 0.3) is 0 Å². The molecule has 2 rings (SSSR count). The van der Waals surface area contributed by atoms with Crippen molar-refractivity contribution < 1.29 is 9.15 Å². The Morgan fingerprint density at radius 2 is 1.89 bits per heavy atom. The summed E-state index contributed by atoms with van der Waals surface area (Å²) >= 11 is 0. The van der Waals surface area contributed by atoms with Crippen molar-refractivity contribution in [2.75, 3.05) is 0 Å². The molecule has 0 spiro atoms. The van der Waals surface area contributed by atoms with Crippen LogP contribution in [0.2, 0.25) is 0 Å². The first-order chi connectivity index (χ1) is 9.06.